The maximum atomic E-state index is 11.8. The molecule has 2 N–H and O–H groups in total. The van der Waals surface area contributed by atoms with Crippen molar-refractivity contribution in [2.24, 2.45) is 0 Å². The Morgan fingerprint density at radius 1 is 1.47 bits per heavy atom. The Morgan fingerprint density at radius 2 is 2.27 bits per heavy atom. The third-order valence-electron chi connectivity index (χ3n) is 2.85. The zero-order valence-corrected chi connectivity index (χ0v) is 9.88. The van der Waals surface area contributed by atoms with Gasteiger partial charge in [0.15, 0.2) is 0 Å². The predicted octanol–water partition coefficient (Wildman–Crippen LogP) is 1.18. The second-order valence-electron chi connectivity index (χ2n) is 4.13. The monoisotopic (exact) mass is 213 g/mol. The lowest BCUT2D eigenvalue weighted by atomic mass is 10.0. The van der Waals surface area contributed by atoms with E-state index in [9.17, 15) is 4.79 Å². The first-order valence-corrected chi connectivity index (χ1v) is 5.98. The number of hydrogen-bond donors (Lipinski definition) is 2. The Hall–Kier alpha value is -0.770. The summed E-state index contributed by atoms with van der Waals surface area (Å²) in [5.41, 5.74) is 0. The molecular formula is C11H23N3O. The average molecular weight is 213 g/mol. The fourth-order valence-electron chi connectivity index (χ4n) is 2.05. The first-order valence-electron chi connectivity index (χ1n) is 5.98. The first kappa shape index (κ1) is 12.3. The molecule has 15 heavy (non-hydrogen) atoms. The predicted molar refractivity (Wildman–Crippen MR) is 62.0 cm³/mol. The molecule has 1 atom stereocenters. The maximum absolute atomic E-state index is 11.8. The minimum absolute atomic E-state index is 0.108. The number of nitrogens with zero attached hydrogens (tertiary/aromatic N) is 1. The number of piperidine rings is 1. The Labute approximate surface area is 92.4 Å². The van der Waals surface area contributed by atoms with E-state index in [0.717, 1.165) is 38.9 Å². The van der Waals surface area contributed by atoms with Gasteiger partial charge in [-0.1, -0.05) is 6.92 Å². The van der Waals surface area contributed by atoms with Crippen molar-refractivity contribution in [3.63, 3.8) is 0 Å². The summed E-state index contributed by atoms with van der Waals surface area (Å²) in [6, 6.07) is 0.484. The molecule has 2 amide bonds. The Balaban J connectivity index is 2.43. The molecule has 88 valence electrons. The van der Waals surface area contributed by atoms with Crippen LogP contribution >= 0.6 is 0 Å². The van der Waals surface area contributed by atoms with Crippen molar-refractivity contribution in [1.29, 1.82) is 0 Å². The molecule has 0 radical (unpaired) electrons. The Kier molecular flexibility index (Phi) is 5.47. The van der Waals surface area contributed by atoms with Crippen LogP contribution in [0.25, 0.3) is 0 Å². The van der Waals surface area contributed by atoms with Gasteiger partial charge in [0.05, 0.1) is 0 Å². The molecule has 4 nitrogen and oxygen atoms in total. The van der Waals surface area contributed by atoms with Gasteiger partial charge in [-0.15, -0.1) is 0 Å². The van der Waals surface area contributed by atoms with Crippen LogP contribution in [0, 0.1) is 0 Å². The van der Waals surface area contributed by atoms with Crippen molar-refractivity contribution in [3.05, 3.63) is 0 Å². The number of hydrogen-bond acceptors (Lipinski definition) is 2. The molecule has 0 spiro atoms. The quantitative estimate of drug-likeness (QED) is 0.736. The van der Waals surface area contributed by atoms with Crippen LogP contribution in [-0.2, 0) is 0 Å². The van der Waals surface area contributed by atoms with Crippen molar-refractivity contribution >= 4 is 6.03 Å². The van der Waals surface area contributed by atoms with Crippen molar-refractivity contribution < 1.29 is 4.79 Å². The van der Waals surface area contributed by atoms with Gasteiger partial charge in [-0.2, -0.15) is 0 Å². The van der Waals surface area contributed by atoms with E-state index in [-0.39, 0.29) is 6.03 Å². The number of amides is 2. The molecule has 0 aliphatic carbocycles. The molecule has 0 aromatic heterocycles. The van der Waals surface area contributed by atoms with Gasteiger partial charge in [-0.05, 0) is 32.7 Å². The van der Waals surface area contributed by atoms with E-state index in [1.807, 2.05) is 11.9 Å². The highest BCUT2D eigenvalue weighted by Crippen LogP contribution is 2.16. The molecule has 1 unspecified atom stereocenters. The van der Waals surface area contributed by atoms with E-state index in [2.05, 4.69) is 17.6 Å². The van der Waals surface area contributed by atoms with Crippen LogP contribution in [0.15, 0.2) is 0 Å². The normalized spacial score (nSPS) is 21.5. The molecule has 0 saturated carbocycles. The van der Waals surface area contributed by atoms with Crippen molar-refractivity contribution in [2.45, 2.75) is 38.6 Å². The highest BCUT2D eigenvalue weighted by molar-refractivity contribution is 5.74. The zero-order valence-electron chi connectivity index (χ0n) is 9.88. The number of carbonyl (C=O) groups is 1. The van der Waals surface area contributed by atoms with Crippen LogP contribution in [0.1, 0.15) is 32.6 Å². The lowest BCUT2D eigenvalue weighted by molar-refractivity contribution is 0.150. The number of urea groups is 1. The molecule has 0 aromatic rings. The molecule has 0 bridgehead atoms. The Bertz CT molecular complexity index is 194. The minimum Gasteiger partial charge on any atom is -0.338 e. The van der Waals surface area contributed by atoms with Crippen LogP contribution in [0.5, 0.6) is 0 Å². The van der Waals surface area contributed by atoms with Gasteiger partial charge in [-0.3, -0.25) is 0 Å². The van der Waals surface area contributed by atoms with E-state index in [4.69, 9.17) is 0 Å². The fraction of sp³-hybridized carbons (Fsp3) is 0.909. The number of carbonyl (C=O) groups excluding carboxylic acids is 1. The summed E-state index contributed by atoms with van der Waals surface area (Å²) in [5.74, 6) is 0. The average Bonchev–Trinajstić information content (AvgIpc) is 2.27. The van der Waals surface area contributed by atoms with Gasteiger partial charge in [0, 0.05) is 25.7 Å². The molecule has 1 aliphatic heterocycles. The van der Waals surface area contributed by atoms with Crippen LogP contribution in [0.4, 0.5) is 4.79 Å². The summed E-state index contributed by atoms with van der Waals surface area (Å²) in [4.78, 5) is 13.8. The van der Waals surface area contributed by atoms with E-state index in [1.54, 1.807) is 0 Å². The third kappa shape index (κ3) is 3.70. The van der Waals surface area contributed by atoms with E-state index in [1.165, 1.54) is 6.42 Å². The molecule has 4 heteroatoms. The molecule has 1 saturated heterocycles. The molecule has 0 aromatic carbocycles. The van der Waals surface area contributed by atoms with E-state index < -0.39 is 0 Å². The van der Waals surface area contributed by atoms with Crippen LogP contribution in [-0.4, -0.2) is 43.7 Å². The largest absolute Gasteiger partial charge is 0.338 e. The second kappa shape index (κ2) is 6.67. The highest BCUT2D eigenvalue weighted by atomic mass is 16.2. The van der Waals surface area contributed by atoms with Gasteiger partial charge < -0.3 is 15.5 Å². The molecule has 1 heterocycles. The second-order valence-corrected chi connectivity index (χ2v) is 4.13. The van der Waals surface area contributed by atoms with E-state index >= 15 is 0 Å². The standard InChI is InChI=1S/C11H23N3O/c1-3-7-13-11(15)14-8-5-4-6-10(14)9-12-2/h10,12H,3-9H2,1-2H3,(H,13,15). The first-order chi connectivity index (χ1) is 7.29. The summed E-state index contributed by atoms with van der Waals surface area (Å²) in [7, 11) is 1.94. The summed E-state index contributed by atoms with van der Waals surface area (Å²) in [6.07, 6.45) is 4.50. The topological polar surface area (TPSA) is 44.4 Å². The van der Waals surface area contributed by atoms with Crippen LogP contribution < -0.4 is 10.6 Å². The van der Waals surface area contributed by atoms with Crippen LogP contribution in [0.2, 0.25) is 0 Å². The van der Waals surface area contributed by atoms with Gasteiger partial charge in [0.1, 0.15) is 0 Å². The van der Waals surface area contributed by atoms with Crippen molar-refractivity contribution in [1.82, 2.24) is 15.5 Å². The molecule has 1 aliphatic rings. The zero-order chi connectivity index (χ0) is 11.1. The summed E-state index contributed by atoms with van der Waals surface area (Å²) in [6.45, 7) is 4.66. The molecular weight excluding hydrogens is 190 g/mol. The molecule has 1 fully saturated rings. The third-order valence-corrected chi connectivity index (χ3v) is 2.85. The molecule has 1 rings (SSSR count). The number of likely N-dealkylation sites (tertiary alicyclic amines) is 1. The number of rotatable bonds is 4. The number of nitrogens with one attached hydrogen (secondary N) is 2. The minimum atomic E-state index is 0.108. The summed E-state index contributed by atoms with van der Waals surface area (Å²) < 4.78 is 0. The van der Waals surface area contributed by atoms with Crippen molar-refractivity contribution in [2.75, 3.05) is 26.7 Å². The lowest BCUT2D eigenvalue weighted by Gasteiger charge is -2.35. The van der Waals surface area contributed by atoms with Gasteiger partial charge in [0.2, 0.25) is 0 Å². The van der Waals surface area contributed by atoms with Gasteiger partial charge >= 0.3 is 6.03 Å². The fourth-order valence-corrected chi connectivity index (χ4v) is 2.05. The van der Waals surface area contributed by atoms with Gasteiger partial charge in [0.25, 0.3) is 0 Å². The van der Waals surface area contributed by atoms with Crippen molar-refractivity contribution in [3.8, 4) is 0 Å². The Morgan fingerprint density at radius 3 is 2.93 bits per heavy atom. The lowest BCUT2D eigenvalue weighted by Crippen LogP contribution is -2.51. The van der Waals surface area contributed by atoms with Crippen LogP contribution in [0.3, 0.4) is 0 Å². The smallest absolute Gasteiger partial charge is 0.317 e. The maximum Gasteiger partial charge on any atom is 0.317 e. The SMILES string of the molecule is CCCNC(=O)N1CCCCC1CNC. The van der Waals surface area contributed by atoms with Gasteiger partial charge in [-0.25, -0.2) is 4.79 Å². The highest BCUT2D eigenvalue weighted by Gasteiger charge is 2.25. The number of likely N-dealkylation sites (N-methyl/N-ethyl adjacent to an activating group) is 1. The summed E-state index contributed by atoms with van der Waals surface area (Å²) >= 11 is 0. The van der Waals surface area contributed by atoms with E-state index in [0.29, 0.717) is 6.04 Å². The summed E-state index contributed by atoms with van der Waals surface area (Å²) in [5, 5.41) is 6.11.